The van der Waals surface area contributed by atoms with Crippen LogP contribution in [0.5, 0.6) is 0 Å². The van der Waals surface area contributed by atoms with Crippen molar-refractivity contribution in [3.8, 4) is 0 Å². The SMILES string of the molecule is CCN(CC)C(=O)N[C@H]1C=C2c3cccc4[nH]cc(c34)C[C@H]2N(C)C1.CN(C)CCC=C1c2ccccc2CCc2ccccc21. The van der Waals surface area contributed by atoms with E-state index in [1.165, 1.54) is 55.4 Å². The van der Waals surface area contributed by atoms with Crippen molar-refractivity contribution < 1.29 is 4.79 Å². The molecule has 0 spiro atoms. The minimum atomic E-state index is 0.0232. The van der Waals surface area contributed by atoms with Crippen LogP contribution in [0.25, 0.3) is 22.0 Å². The summed E-state index contributed by atoms with van der Waals surface area (Å²) < 4.78 is 0. The van der Waals surface area contributed by atoms with Crippen LogP contribution in [0.15, 0.2) is 85.1 Å². The highest BCUT2D eigenvalue weighted by Gasteiger charge is 2.34. The van der Waals surface area contributed by atoms with Gasteiger partial charge in [0.1, 0.15) is 0 Å². The fraction of sp³-hybridized carbons (Fsp3) is 0.375. The molecule has 4 aromatic rings. The lowest BCUT2D eigenvalue weighted by atomic mass is 9.81. The first kappa shape index (κ1) is 31.8. The first-order valence-electron chi connectivity index (χ1n) is 17.0. The van der Waals surface area contributed by atoms with E-state index in [1.54, 1.807) is 0 Å². The number of benzene rings is 3. The molecule has 0 radical (unpaired) electrons. The zero-order chi connectivity index (χ0) is 32.2. The predicted octanol–water partition coefficient (Wildman–Crippen LogP) is 7.01. The summed E-state index contributed by atoms with van der Waals surface area (Å²) in [5, 5.41) is 4.54. The largest absolute Gasteiger partial charge is 0.361 e. The molecule has 2 amide bonds. The summed E-state index contributed by atoms with van der Waals surface area (Å²) in [5.74, 6) is 0. The number of urea groups is 1. The molecule has 2 aliphatic carbocycles. The molecule has 1 aliphatic heterocycles. The van der Waals surface area contributed by atoms with E-state index in [4.69, 9.17) is 0 Å². The number of H-pyrrole nitrogens is 1. The summed E-state index contributed by atoms with van der Waals surface area (Å²) in [6.45, 7) is 7.43. The highest BCUT2D eigenvalue weighted by Crippen LogP contribution is 2.40. The smallest absolute Gasteiger partial charge is 0.317 e. The Morgan fingerprint density at radius 2 is 1.57 bits per heavy atom. The Morgan fingerprint density at radius 1 is 0.913 bits per heavy atom. The number of rotatable bonds is 6. The minimum absolute atomic E-state index is 0.0232. The van der Waals surface area contributed by atoms with Crippen molar-refractivity contribution in [2.45, 2.75) is 51.6 Å². The summed E-state index contributed by atoms with van der Waals surface area (Å²) in [6.07, 6.45) is 11.2. The van der Waals surface area contributed by atoms with Crippen LogP contribution in [-0.4, -0.2) is 85.1 Å². The van der Waals surface area contributed by atoms with E-state index in [9.17, 15) is 4.79 Å². The molecule has 0 fully saturated rings. The molecule has 3 aromatic carbocycles. The minimum Gasteiger partial charge on any atom is -0.361 e. The maximum atomic E-state index is 12.4. The van der Waals surface area contributed by atoms with Gasteiger partial charge in [-0.05, 0) is 111 Å². The second-order valence-electron chi connectivity index (χ2n) is 13.1. The number of aromatic nitrogens is 1. The van der Waals surface area contributed by atoms with E-state index in [0.717, 1.165) is 51.9 Å². The van der Waals surface area contributed by atoms with Crippen LogP contribution in [0.3, 0.4) is 0 Å². The van der Waals surface area contributed by atoms with Crippen molar-refractivity contribution in [3.05, 3.63) is 118 Å². The number of aryl methyl sites for hydroxylation is 2. The molecule has 2 atom stereocenters. The van der Waals surface area contributed by atoms with Gasteiger partial charge in [-0.3, -0.25) is 4.90 Å². The number of hydrogen-bond acceptors (Lipinski definition) is 3. The molecular weight excluding hydrogens is 566 g/mol. The van der Waals surface area contributed by atoms with Crippen molar-refractivity contribution in [1.82, 2.24) is 25.0 Å². The molecule has 7 rings (SSSR count). The average molecular weight is 616 g/mol. The Bertz CT molecular complexity index is 1690. The molecule has 46 heavy (non-hydrogen) atoms. The van der Waals surface area contributed by atoms with E-state index in [-0.39, 0.29) is 12.1 Å². The fourth-order valence-corrected chi connectivity index (χ4v) is 7.41. The number of hydrogen-bond donors (Lipinski definition) is 2. The average Bonchev–Trinajstić information content (AvgIpc) is 3.40. The molecule has 2 N–H and O–H groups in total. The van der Waals surface area contributed by atoms with E-state index < -0.39 is 0 Å². The van der Waals surface area contributed by atoms with E-state index in [0.29, 0.717) is 6.04 Å². The number of carbonyl (C=O) groups is 1. The molecule has 0 unspecified atom stereocenters. The van der Waals surface area contributed by atoms with Crippen molar-refractivity contribution in [2.75, 3.05) is 47.3 Å². The molecule has 2 heterocycles. The predicted molar refractivity (Wildman–Crippen MR) is 192 cm³/mol. The molecule has 1 aromatic heterocycles. The van der Waals surface area contributed by atoms with Gasteiger partial charge < -0.3 is 20.1 Å². The number of fused-ring (bicyclic) bond motifs is 4. The van der Waals surface area contributed by atoms with Crippen molar-refractivity contribution in [1.29, 1.82) is 0 Å². The number of amides is 2. The maximum absolute atomic E-state index is 12.4. The number of carbonyl (C=O) groups excluding carboxylic acids is 1. The van der Waals surface area contributed by atoms with Gasteiger partial charge in [0.15, 0.2) is 0 Å². The Balaban J connectivity index is 0.000000164. The topological polar surface area (TPSA) is 54.6 Å². The van der Waals surface area contributed by atoms with Gasteiger partial charge in [0.05, 0.1) is 6.04 Å². The van der Waals surface area contributed by atoms with Crippen molar-refractivity contribution >= 4 is 28.1 Å². The quantitative estimate of drug-likeness (QED) is 0.245. The fourth-order valence-electron chi connectivity index (χ4n) is 7.41. The molecule has 6 nitrogen and oxygen atoms in total. The lowest BCUT2D eigenvalue weighted by Gasteiger charge is -2.40. The Morgan fingerprint density at radius 3 is 2.22 bits per heavy atom. The zero-order valence-electron chi connectivity index (χ0n) is 28.1. The first-order chi connectivity index (χ1) is 22.4. The van der Waals surface area contributed by atoms with Crippen molar-refractivity contribution in [3.63, 3.8) is 0 Å². The summed E-state index contributed by atoms with van der Waals surface area (Å²) in [5.41, 5.74) is 12.4. The normalized spacial score (nSPS) is 18.4. The lowest BCUT2D eigenvalue weighted by Crippen LogP contribution is -2.52. The van der Waals surface area contributed by atoms with Gasteiger partial charge in [0, 0.05) is 49.3 Å². The zero-order valence-corrected chi connectivity index (χ0v) is 28.1. The summed E-state index contributed by atoms with van der Waals surface area (Å²) in [4.78, 5) is 22.3. The van der Waals surface area contributed by atoms with Gasteiger partial charge >= 0.3 is 6.03 Å². The number of nitrogens with zero attached hydrogens (tertiary/aromatic N) is 3. The molecule has 0 bridgehead atoms. The van der Waals surface area contributed by atoms with Gasteiger partial charge in [-0.25, -0.2) is 4.79 Å². The van der Waals surface area contributed by atoms with E-state index in [2.05, 4.69) is 126 Å². The number of nitrogens with one attached hydrogen (secondary N) is 2. The van der Waals surface area contributed by atoms with Crippen LogP contribution >= 0.6 is 0 Å². The second kappa shape index (κ2) is 14.1. The van der Waals surface area contributed by atoms with Crippen LogP contribution in [-0.2, 0) is 19.3 Å². The third-order valence-corrected chi connectivity index (χ3v) is 9.83. The molecule has 0 saturated carbocycles. The highest BCUT2D eigenvalue weighted by atomic mass is 16.2. The molecule has 0 saturated heterocycles. The molecule has 240 valence electrons. The Kier molecular flexibility index (Phi) is 9.76. The second-order valence-corrected chi connectivity index (χ2v) is 13.1. The van der Waals surface area contributed by atoms with Crippen molar-refractivity contribution in [2.24, 2.45) is 0 Å². The van der Waals surface area contributed by atoms with Crippen LogP contribution in [0.4, 0.5) is 4.79 Å². The highest BCUT2D eigenvalue weighted by molar-refractivity contribution is 5.98. The number of likely N-dealkylation sites (N-methyl/N-ethyl adjacent to an activating group) is 1. The first-order valence-corrected chi connectivity index (χ1v) is 17.0. The van der Waals surface area contributed by atoms with Gasteiger partial charge in [-0.2, -0.15) is 0 Å². The van der Waals surface area contributed by atoms with Crippen LogP contribution in [0.2, 0.25) is 0 Å². The number of aromatic amines is 1. The van der Waals surface area contributed by atoms with E-state index >= 15 is 0 Å². The van der Waals surface area contributed by atoms with Gasteiger partial charge in [-0.1, -0.05) is 72.8 Å². The molecule has 3 aliphatic rings. The van der Waals surface area contributed by atoms with Crippen LogP contribution < -0.4 is 5.32 Å². The third-order valence-electron chi connectivity index (χ3n) is 9.83. The lowest BCUT2D eigenvalue weighted by molar-refractivity contribution is 0.193. The third kappa shape index (κ3) is 6.55. The summed E-state index contributed by atoms with van der Waals surface area (Å²) in [6, 6.07) is 24.7. The molecule has 6 heteroatoms. The summed E-state index contributed by atoms with van der Waals surface area (Å²) >= 11 is 0. The van der Waals surface area contributed by atoms with Crippen LogP contribution in [0, 0.1) is 0 Å². The maximum Gasteiger partial charge on any atom is 0.317 e. The Labute approximate surface area is 274 Å². The van der Waals surface area contributed by atoms with Gasteiger partial charge in [0.25, 0.3) is 0 Å². The standard InChI is InChI=1S/C20H26N4O.C20H23N/c1-4-24(5-2)20(25)22-14-10-16-15-7-6-8-17-19(15)13(11-21-17)9-18(16)23(3)12-14;1-21(2)15-7-12-20-18-10-5-3-8-16(18)13-14-17-9-4-6-11-19(17)20/h6-8,10-11,14,18,21H,4-5,9,12H2,1-3H3,(H,22,25);3-6,8-12H,7,13-15H2,1-2H3/t14-,18+;/m0./s1. The van der Waals surface area contributed by atoms with Gasteiger partial charge in [0.2, 0.25) is 0 Å². The van der Waals surface area contributed by atoms with Gasteiger partial charge in [-0.15, -0.1) is 0 Å². The molecular formula is C40H49N5O. The van der Waals surface area contributed by atoms with Crippen LogP contribution in [0.1, 0.15) is 53.6 Å². The van der Waals surface area contributed by atoms with E-state index in [1.807, 2.05) is 18.7 Å². The monoisotopic (exact) mass is 615 g/mol. The Hall–Kier alpha value is -4.13. The summed E-state index contributed by atoms with van der Waals surface area (Å²) in [7, 11) is 6.42.